The molecule has 0 bridgehead atoms. The van der Waals surface area contributed by atoms with E-state index in [1.165, 1.54) is 77.0 Å². The van der Waals surface area contributed by atoms with Crippen molar-refractivity contribution in [1.82, 2.24) is 0 Å². The van der Waals surface area contributed by atoms with Gasteiger partial charge in [0.25, 0.3) is 0 Å². The van der Waals surface area contributed by atoms with Crippen molar-refractivity contribution >= 4 is 0 Å². The van der Waals surface area contributed by atoms with Crippen LogP contribution in [-0.4, -0.2) is 11.2 Å². The van der Waals surface area contributed by atoms with E-state index in [1.54, 1.807) is 0 Å². The summed E-state index contributed by atoms with van der Waals surface area (Å²) in [5, 5.41) is 11.1. The van der Waals surface area contributed by atoms with E-state index in [-0.39, 0.29) is 6.10 Å². The number of unbranched alkanes of at least 4 members (excludes halogenated alkanes) is 2. The van der Waals surface area contributed by atoms with Crippen LogP contribution in [0.4, 0.5) is 0 Å². The average molecular weight is 379 g/mol. The van der Waals surface area contributed by atoms with Crippen LogP contribution in [0.3, 0.4) is 0 Å². The molecule has 2 unspecified atom stereocenters. The molecule has 2 fully saturated rings. The SMILES string of the molecule is CCCCCC(CC(C)C)[C@@H]1CCC([C@@H](O)CC2CCC(CC)CC2)[C@@H]1C. The Kier molecular flexibility index (Phi) is 10.2. The van der Waals surface area contributed by atoms with Gasteiger partial charge in [-0.1, -0.05) is 92.4 Å². The van der Waals surface area contributed by atoms with E-state index >= 15 is 0 Å². The highest BCUT2D eigenvalue weighted by Gasteiger charge is 2.41. The summed E-state index contributed by atoms with van der Waals surface area (Å²) in [6.07, 6.45) is 17.5. The van der Waals surface area contributed by atoms with Crippen molar-refractivity contribution in [2.24, 2.45) is 41.4 Å². The van der Waals surface area contributed by atoms with E-state index in [0.29, 0.717) is 5.92 Å². The highest BCUT2D eigenvalue weighted by Crippen LogP contribution is 2.47. The van der Waals surface area contributed by atoms with Gasteiger partial charge in [-0.2, -0.15) is 0 Å². The van der Waals surface area contributed by atoms with Gasteiger partial charge in [0.05, 0.1) is 6.10 Å². The predicted octanol–water partition coefficient (Wildman–Crippen LogP) is 7.86. The molecule has 5 atom stereocenters. The van der Waals surface area contributed by atoms with E-state index < -0.39 is 0 Å². The van der Waals surface area contributed by atoms with Crippen LogP contribution in [0.1, 0.15) is 118 Å². The Hall–Kier alpha value is -0.0400. The fourth-order valence-corrected chi connectivity index (χ4v) is 6.60. The predicted molar refractivity (Wildman–Crippen MR) is 119 cm³/mol. The minimum atomic E-state index is -0.0384. The van der Waals surface area contributed by atoms with E-state index in [4.69, 9.17) is 0 Å². The number of rotatable bonds is 11. The van der Waals surface area contributed by atoms with Gasteiger partial charge in [0.1, 0.15) is 0 Å². The van der Waals surface area contributed by atoms with Crippen molar-refractivity contribution in [2.75, 3.05) is 0 Å². The third-order valence-electron chi connectivity index (χ3n) is 8.35. The standard InChI is InChI=1S/C26H50O/c1-6-8-9-10-23(17-19(3)4)24-15-16-25(20(24)5)26(27)18-22-13-11-21(7-2)12-14-22/h19-27H,6-18H2,1-5H3/t20-,21?,22?,23?,24-,25?,26+/m1/s1. The van der Waals surface area contributed by atoms with Gasteiger partial charge in [-0.25, -0.2) is 0 Å². The van der Waals surface area contributed by atoms with Crippen LogP contribution in [0.5, 0.6) is 0 Å². The molecule has 2 saturated carbocycles. The molecule has 160 valence electrons. The third kappa shape index (κ3) is 7.06. The fraction of sp³-hybridized carbons (Fsp3) is 1.00. The van der Waals surface area contributed by atoms with Crippen LogP contribution in [-0.2, 0) is 0 Å². The van der Waals surface area contributed by atoms with Gasteiger partial charge in [0, 0.05) is 0 Å². The van der Waals surface area contributed by atoms with Gasteiger partial charge in [-0.15, -0.1) is 0 Å². The summed E-state index contributed by atoms with van der Waals surface area (Å²) in [7, 11) is 0. The second-order valence-electron chi connectivity index (χ2n) is 10.7. The second-order valence-corrected chi connectivity index (χ2v) is 10.7. The van der Waals surface area contributed by atoms with Gasteiger partial charge in [0.15, 0.2) is 0 Å². The maximum atomic E-state index is 11.1. The first-order chi connectivity index (χ1) is 13.0. The molecular formula is C26H50O. The van der Waals surface area contributed by atoms with Gasteiger partial charge < -0.3 is 5.11 Å². The first kappa shape index (κ1) is 23.2. The zero-order valence-corrected chi connectivity index (χ0v) is 19.3. The lowest BCUT2D eigenvalue weighted by atomic mass is 9.73. The summed E-state index contributed by atoms with van der Waals surface area (Å²) in [6, 6.07) is 0. The van der Waals surface area contributed by atoms with Crippen molar-refractivity contribution in [2.45, 2.75) is 124 Å². The minimum absolute atomic E-state index is 0.0384. The monoisotopic (exact) mass is 378 g/mol. The molecule has 0 spiro atoms. The smallest absolute Gasteiger partial charge is 0.0573 e. The maximum Gasteiger partial charge on any atom is 0.0573 e. The zero-order valence-electron chi connectivity index (χ0n) is 19.3. The molecule has 1 nitrogen and oxygen atoms in total. The molecule has 0 aliphatic heterocycles. The molecule has 0 aromatic heterocycles. The molecule has 2 rings (SSSR count). The summed E-state index contributed by atoms with van der Waals surface area (Å²) >= 11 is 0. The first-order valence-corrected chi connectivity index (χ1v) is 12.6. The highest BCUT2D eigenvalue weighted by atomic mass is 16.3. The van der Waals surface area contributed by atoms with E-state index in [1.807, 2.05) is 0 Å². The topological polar surface area (TPSA) is 20.2 Å². The van der Waals surface area contributed by atoms with Crippen molar-refractivity contribution < 1.29 is 5.11 Å². The fourth-order valence-electron chi connectivity index (χ4n) is 6.60. The van der Waals surface area contributed by atoms with Crippen LogP contribution < -0.4 is 0 Å². The summed E-state index contributed by atoms with van der Waals surface area (Å²) < 4.78 is 0. The molecule has 0 amide bonds. The van der Waals surface area contributed by atoms with Crippen molar-refractivity contribution in [3.05, 3.63) is 0 Å². The molecule has 2 aliphatic carbocycles. The van der Waals surface area contributed by atoms with Crippen molar-refractivity contribution in [3.8, 4) is 0 Å². The van der Waals surface area contributed by atoms with Crippen LogP contribution in [0.2, 0.25) is 0 Å². The lowest BCUT2D eigenvalue weighted by Crippen LogP contribution is -2.30. The largest absolute Gasteiger partial charge is 0.393 e. The average Bonchev–Trinajstić information content (AvgIpc) is 3.03. The maximum absolute atomic E-state index is 11.1. The lowest BCUT2D eigenvalue weighted by molar-refractivity contribution is 0.0455. The molecule has 1 N–H and O–H groups in total. The Labute approximate surface area is 171 Å². The Morgan fingerprint density at radius 3 is 2.07 bits per heavy atom. The molecular weight excluding hydrogens is 328 g/mol. The molecule has 27 heavy (non-hydrogen) atoms. The van der Waals surface area contributed by atoms with E-state index in [0.717, 1.165) is 41.9 Å². The third-order valence-corrected chi connectivity index (χ3v) is 8.35. The van der Waals surface area contributed by atoms with Gasteiger partial charge >= 0.3 is 0 Å². The molecule has 0 aromatic rings. The van der Waals surface area contributed by atoms with Crippen LogP contribution in [0.15, 0.2) is 0 Å². The lowest BCUT2D eigenvalue weighted by Gasteiger charge is -2.34. The molecule has 0 radical (unpaired) electrons. The summed E-state index contributed by atoms with van der Waals surface area (Å²) in [4.78, 5) is 0. The Bertz CT molecular complexity index is 382. The molecule has 2 aliphatic rings. The quantitative estimate of drug-likeness (QED) is 0.363. The normalized spacial score (nSPS) is 34.1. The zero-order chi connectivity index (χ0) is 19.8. The molecule has 0 heterocycles. The summed E-state index contributed by atoms with van der Waals surface area (Å²) in [5.74, 6) is 5.61. The second kappa shape index (κ2) is 11.8. The minimum Gasteiger partial charge on any atom is -0.393 e. The first-order valence-electron chi connectivity index (χ1n) is 12.6. The Balaban J connectivity index is 1.86. The number of hydrogen-bond acceptors (Lipinski definition) is 1. The summed E-state index contributed by atoms with van der Waals surface area (Å²) in [5.41, 5.74) is 0. The van der Waals surface area contributed by atoms with E-state index in [9.17, 15) is 5.11 Å². The Morgan fingerprint density at radius 1 is 0.852 bits per heavy atom. The summed E-state index contributed by atoms with van der Waals surface area (Å²) in [6.45, 7) is 11.9. The highest BCUT2D eigenvalue weighted by molar-refractivity contribution is 4.91. The number of aliphatic hydroxyl groups excluding tert-OH is 1. The molecule has 0 aromatic carbocycles. The molecule has 0 saturated heterocycles. The van der Waals surface area contributed by atoms with Crippen molar-refractivity contribution in [3.63, 3.8) is 0 Å². The van der Waals surface area contributed by atoms with Gasteiger partial charge in [-0.3, -0.25) is 0 Å². The van der Waals surface area contributed by atoms with Crippen LogP contribution >= 0.6 is 0 Å². The van der Waals surface area contributed by atoms with Crippen LogP contribution in [0, 0.1) is 41.4 Å². The number of hydrogen-bond donors (Lipinski definition) is 1. The van der Waals surface area contributed by atoms with E-state index in [2.05, 4.69) is 34.6 Å². The van der Waals surface area contributed by atoms with Crippen LogP contribution in [0.25, 0.3) is 0 Å². The van der Waals surface area contributed by atoms with Gasteiger partial charge in [0.2, 0.25) is 0 Å². The Morgan fingerprint density at radius 2 is 1.48 bits per heavy atom. The molecule has 1 heteroatoms. The number of aliphatic hydroxyl groups is 1. The van der Waals surface area contributed by atoms with Gasteiger partial charge in [-0.05, 0) is 67.1 Å². The van der Waals surface area contributed by atoms with Crippen molar-refractivity contribution in [1.29, 1.82) is 0 Å².